The molecule has 0 saturated carbocycles. The minimum absolute atomic E-state index is 0.0343. The van der Waals surface area contributed by atoms with Crippen LogP contribution in [-0.4, -0.2) is 30.8 Å². The van der Waals surface area contributed by atoms with E-state index in [9.17, 15) is 31.1 Å². The highest BCUT2D eigenvalue weighted by Gasteiger charge is 2.52. The average Bonchev–Trinajstić information content (AvgIpc) is 2.99. The highest BCUT2D eigenvalue weighted by atomic mass is 19.4. The second kappa shape index (κ2) is 7.15. The van der Waals surface area contributed by atoms with Gasteiger partial charge in [-0.1, -0.05) is 6.07 Å². The molecular formula is C16H14F6N2O2. The van der Waals surface area contributed by atoms with Crippen molar-refractivity contribution in [3.05, 3.63) is 34.9 Å². The van der Waals surface area contributed by atoms with Gasteiger partial charge >= 0.3 is 18.3 Å². The molecule has 4 nitrogen and oxygen atoms in total. The van der Waals surface area contributed by atoms with Gasteiger partial charge in [0.2, 0.25) is 0 Å². The fourth-order valence-electron chi connectivity index (χ4n) is 2.97. The van der Waals surface area contributed by atoms with Crippen molar-refractivity contribution in [3.63, 3.8) is 0 Å². The molecule has 10 heteroatoms. The van der Waals surface area contributed by atoms with Crippen LogP contribution in [0.3, 0.4) is 0 Å². The lowest BCUT2D eigenvalue weighted by atomic mass is 9.88. The van der Waals surface area contributed by atoms with E-state index >= 15 is 0 Å². The van der Waals surface area contributed by atoms with Gasteiger partial charge in [0.15, 0.2) is 0 Å². The Morgan fingerprint density at radius 3 is 2.46 bits per heavy atom. The van der Waals surface area contributed by atoms with Crippen molar-refractivity contribution in [2.75, 3.05) is 6.61 Å². The highest BCUT2D eigenvalue weighted by Crippen LogP contribution is 2.42. The summed E-state index contributed by atoms with van der Waals surface area (Å²) in [6, 6.07) is 0.313. The number of ether oxygens (including phenoxy) is 1. The zero-order chi connectivity index (χ0) is 19.7. The lowest BCUT2D eigenvalue weighted by Gasteiger charge is -2.23. The van der Waals surface area contributed by atoms with Crippen LogP contribution in [0.5, 0.6) is 0 Å². The number of halogens is 6. The fraction of sp³-hybridized carbons (Fsp3) is 0.500. The monoisotopic (exact) mass is 380 g/mol. The molecule has 1 unspecified atom stereocenters. The van der Waals surface area contributed by atoms with Crippen LogP contribution in [0, 0.1) is 11.3 Å². The Kier molecular flexibility index (Phi) is 5.51. The predicted octanol–water partition coefficient (Wildman–Crippen LogP) is 3.52. The molecule has 0 aliphatic carbocycles. The van der Waals surface area contributed by atoms with Gasteiger partial charge in [0.05, 0.1) is 23.8 Å². The van der Waals surface area contributed by atoms with E-state index in [0.29, 0.717) is 6.07 Å². The highest BCUT2D eigenvalue weighted by molar-refractivity contribution is 5.76. The summed E-state index contributed by atoms with van der Waals surface area (Å²) < 4.78 is 83.9. The van der Waals surface area contributed by atoms with Crippen LogP contribution >= 0.6 is 0 Å². The third-order valence-electron chi connectivity index (χ3n) is 4.09. The minimum atomic E-state index is -4.89. The molecule has 1 N–H and O–H groups in total. The van der Waals surface area contributed by atoms with E-state index in [4.69, 9.17) is 10.00 Å². The zero-order valence-electron chi connectivity index (χ0n) is 13.4. The molecule has 0 bridgehead atoms. The molecule has 3 atom stereocenters. The average molecular weight is 380 g/mol. The van der Waals surface area contributed by atoms with Crippen molar-refractivity contribution in [3.8, 4) is 6.07 Å². The van der Waals surface area contributed by atoms with Gasteiger partial charge in [-0.15, -0.1) is 0 Å². The molecule has 2 rings (SSSR count). The van der Waals surface area contributed by atoms with E-state index < -0.39 is 47.5 Å². The number of nitriles is 1. The molecule has 0 radical (unpaired) electrons. The van der Waals surface area contributed by atoms with E-state index in [1.807, 2.05) is 0 Å². The number of carbonyl (C=O) groups excluding carboxylic acids is 1. The Balaban J connectivity index is 2.44. The summed E-state index contributed by atoms with van der Waals surface area (Å²) in [6.45, 7) is 1.45. The smallest absolute Gasteiger partial charge is 0.417 e. The van der Waals surface area contributed by atoms with Crippen LogP contribution < -0.4 is 5.32 Å². The molecule has 1 saturated heterocycles. The zero-order valence-corrected chi connectivity index (χ0v) is 13.4. The summed E-state index contributed by atoms with van der Waals surface area (Å²) in [7, 11) is 0. The lowest BCUT2D eigenvalue weighted by molar-refractivity contribution is -0.158. The van der Waals surface area contributed by atoms with Gasteiger partial charge in [-0.25, -0.2) is 0 Å². The molecule has 142 valence electrons. The lowest BCUT2D eigenvalue weighted by Crippen LogP contribution is -2.45. The third kappa shape index (κ3) is 4.09. The number of hydrogen-bond acceptors (Lipinski definition) is 4. The van der Waals surface area contributed by atoms with E-state index in [0.717, 1.165) is 12.1 Å². The summed E-state index contributed by atoms with van der Waals surface area (Å²) in [5, 5.41) is 10.9. The molecular weight excluding hydrogens is 366 g/mol. The van der Waals surface area contributed by atoms with Gasteiger partial charge in [0.25, 0.3) is 0 Å². The molecule has 26 heavy (non-hydrogen) atoms. The summed E-state index contributed by atoms with van der Waals surface area (Å²) in [6.07, 6.45) is -10.0. The van der Waals surface area contributed by atoms with Crippen LogP contribution in [0.4, 0.5) is 26.3 Å². The second-order valence-corrected chi connectivity index (χ2v) is 5.75. The summed E-state index contributed by atoms with van der Waals surface area (Å²) in [5.41, 5.74) is -2.24. The van der Waals surface area contributed by atoms with Crippen LogP contribution in [0.15, 0.2) is 18.2 Å². The van der Waals surface area contributed by atoms with Gasteiger partial charge in [-0.3, -0.25) is 10.1 Å². The van der Waals surface area contributed by atoms with Crippen LogP contribution in [-0.2, 0) is 15.7 Å². The standard InChI is InChI=1S/C16H14F6N2O2/c1-2-26-14(25)12-6-10(13(24-12)16(20,21)22)8-3-4-9(7-23)11(5-8)15(17,18)19/h3-5,10,12-13,24H,2,6H2,1H3/t10?,12-,13-/m0/s1. The molecule has 0 amide bonds. The number of benzene rings is 1. The Bertz CT molecular complexity index is 723. The normalized spacial score (nSPS) is 23.5. The number of alkyl halides is 6. The van der Waals surface area contributed by atoms with Crippen molar-refractivity contribution >= 4 is 5.97 Å². The van der Waals surface area contributed by atoms with E-state index in [1.165, 1.54) is 13.0 Å². The Morgan fingerprint density at radius 1 is 1.31 bits per heavy atom. The molecule has 1 aromatic carbocycles. The first-order chi connectivity index (χ1) is 12.0. The van der Waals surface area contributed by atoms with Gasteiger partial charge in [0, 0.05) is 5.92 Å². The number of carbonyl (C=O) groups is 1. The Morgan fingerprint density at radius 2 is 1.96 bits per heavy atom. The van der Waals surface area contributed by atoms with E-state index in [2.05, 4.69) is 5.32 Å². The van der Waals surface area contributed by atoms with Crippen molar-refractivity contribution in [1.82, 2.24) is 5.32 Å². The number of nitrogens with zero attached hydrogens (tertiary/aromatic N) is 1. The molecule has 1 aromatic rings. The summed E-state index contributed by atoms with van der Waals surface area (Å²) >= 11 is 0. The number of esters is 1. The molecule has 1 heterocycles. The maximum Gasteiger partial charge on any atom is 0.417 e. The van der Waals surface area contributed by atoms with Gasteiger partial charge in [0.1, 0.15) is 12.1 Å². The molecule has 0 spiro atoms. The number of hydrogen-bond donors (Lipinski definition) is 1. The van der Waals surface area contributed by atoms with Gasteiger partial charge < -0.3 is 4.74 Å². The topological polar surface area (TPSA) is 62.1 Å². The molecule has 1 aliphatic heterocycles. The molecule has 0 aromatic heterocycles. The van der Waals surface area contributed by atoms with Crippen LogP contribution in [0.2, 0.25) is 0 Å². The van der Waals surface area contributed by atoms with E-state index in [1.54, 1.807) is 0 Å². The molecule has 1 fully saturated rings. The van der Waals surface area contributed by atoms with Crippen LogP contribution in [0.1, 0.15) is 36.0 Å². The SMILES string of the molecule is CCOC(=O)[C@@H]1CC(c2ccc(C#N)c(C(F)(F)F)c2)[C@@H](C(F)(F)F)N1. The summed E-state index contributed by atoms with van der Waals surface area (Å²) in [5.74, 6) is -2.31. The maximum absolute atomic E-state index is 13.3. The van der Waals surface area contributed by atoms with Gasteiger partial charge in [-0.2, -0.15) is 31.6 Å². The first-order valence-corrected chi connectivity index (χ1v) is 7.59. The first kappa shape index (κ1) is 20.0. The number of nitrogens with one attached hydrogen (secondary N) is 1. The third-order valence-corrected chi connectivity index (χ3v) is 4.09. The fourth-order valence-corrected chi connectivity index (χ4v) is 2.97. The Hall–Kier alpha value is -2.28. The first-order valence-electron chi connectivity index (χ1n) is 7.59. The molecule has 1 aliphatic rings. The van der Waals surface area contributed by atoms with Crippen molar-refractivity contribution < 1.29 is 35.9 Å². The van der Waals surface area contributed by atoms with Gasteiger partial charge in [-0.05, 0) is 31.0 Å². The largest absolute Gasteiger partial charge is 0.465 e. The number of rotatable bonds is 3. The summed E-state index contributed by atoms with van der Waals surface area (Å²) in [4.78, 5) is 11.7. The predicted molar refractivity (Wildman–Crippen MR) is 76.9 cm³/mol. The Labute approximate surface area is 144 Å². The van der Waals surface area contributed by atoms with Crippen molar-refractivity contribution in [1.29, 1.82) is 5.26 Å². The van der Waals surface area contributed by atoms with Crippen molar-refractivity contribution in [2.24, 2.45) is 0 Å². The minimum Gasteiger partial charge on any atom is -0.465 e. The quantitative estimate of drug-likeness (QED) is 0.644. The van der Waals surface area contributed by atoms with Crippen molar-refractivity contribution in [2.45, 2.75) is 43.7 Å². The van der Waals surface area contributed by atoms with E-state index in [-0.39, 0.29) is 18.6 Å². The second-order valence-electron chi connectivity index (χ2n) is 5.75. The maximum atomic E-state index is 13.3. The van der Waals surface area contributed by atoms with Crippen LogP contribution in [0.25, 0.3) is 0 Å².